The molecule has 0 radical (unpaired) electrons. The van der Waals surface area contributed by atoms with Crippen molar-refractivity contribution in [3.05, 3.63) is 65.7 Å². The molecule has 2 aromatic rings. The Morgan fingerprint density at radius 2 is 1.92 bits per heavy atom. The van der Waals surface area contributed by atoms with E-state index in [1.807, 2.05) is 48.5 Å². The van der Waals surface area contributed by atoms with E-state index in [1.54, 1.807) is 17.1 Å². The lowest BCUT2D eigenvalue weighted by Crippen LogP contribution is -2.45. The average Bonchev–Trinajstić information content (AvgIpc) is 3.14. The van der Waals surface area contributed by atoms with Crippen LogP contribution in [0.4, 0.5) is 0 Å². The van der Waals surface area contributed by atoms with Gasteiger partial charge in [0, 0.05) is 25.1 Å². The van der Waals surface area contributed by atoms with Crippen molar-refractivity contribution in [1.29, 1.82) is 0 Å². The Balaban J connectivity index is 1.40. The summed E-state index contributed by atoms with van der Waals surface area (Å²) in [6.45, 7) is 1.19. The van der Waals surface area contributed by atoms with Gasteiger partial charge < -0.3 is 19.5 Å². The van der Waals surface area contributed by atoms with E-state index in [-0.39, 0.29) is 18.6 Å². The number of likely N-dealkylation sites (tertiary alicyclic amines) is 1. The summed E-state index contributed by atoms with van der Waals surface area (Å²) in [4.78, 5) is 14.1. The van der Waals surface area contributed by atoms with Crippen LogP contribution in [-0.4, -0.2) is 41.9 Å². The zero-order chi connectivity index (χ0) is 17.9. The van der Waals surface area contributed by atoms with Crippen LogP contribution < -0.4 is 9.47 Å². The standard InChI is InChI=1S/C21H21NO4/c23-18-13-22(21(24)9-6-15-4-2-1-3-5-15)11-10-17(18)16-7-8-19-20(12-16)26-14-25-19/h1-9,12,17-18,23H,10-11,13-14H2/t17-,18+/m0/s1. The molecule has 0 aliphatic carbocycles. The van der Waals surface area contributed by atoms with E-state index in [2.05, 4.69) is 0 Å². The topological polar surface area (TPSA) is 59.0 Å². The molecule has 26 heavy (non-hydrogen) atoms. The number of β-amino-alcohol motifs (C(OH)–C–C–N with tert-alkyl or cyclic N) is 1. The van der Waals surface area contributed by atoms with E-state index < -0.39 is 6.10 Å². The van der Waals surface area contributed by atoms with Gasteiger partial charge in [-0.1, -0.05) is 36.4 Å². The SMILES string of the molecule is O=C(C=Cc1ccccc1)N1CC[C@@H](c2ccc3c(c2)OCO3)[C@H](O)C1. The molecule has 1 fully saturated rings. The van der Waals surface area contributed by atoms with Crippen LogP contribution in [-0.2, 0) is 4.79 Å². The summed E-state index contributed by atoms with van der Waals surface area (Å²) in [5, 5.41) is 10.6. The van der Waals surface area contributed by atoms with Crippen LogP contribution in [0.15, 0.2) is 54.6 Å². The predicted octanol–water partition coefficient (Wildman–Crippen LogP) is 2.81. The molecule has 0 unspecified atom stereocenters. The van der Waals surface area contributed by atoms with Crippen molar-refractivity contribution in [1.82, 2.24) is 4.90 Å². The number of carbonyl (C=O) groups excluding carboxylic acids is 1. The summed E-state index contributed by atoms with van der Waals surface area (Å²) >= 11 is 0. The van der Waals surface area contributed by atoms with Gasteiger partial charge >= 0.3 is 0 Å². The van der Waals surface area contributed by atoms with Crippen molar-refractivity contribution in [3.8, 4) is 11.5 Å². The first-order valence-corrected chi connectivity index (χ1v) is 8.80. The molecule has 0 spiro atoms. The van der Waals surface area contributed by atoms with Crippen LogP contribution in [0.3, 0.4) is 0 Å². The van der Waals surface area contributed by atoms with Gasteiger partial charge in [-0.05, 0) is 35.8 Å². The van der Waals surface area contributed by atoms with Crippen molar-refractivity contribution in [2.75, 3.05) is 19.9 Å². The van der Waals surface area contributed by atoms with Gasteiger partial charge in [0.15, 0.2) is 11.5 Å². The van der Waals surface area contributed by atoms with Crippen LogP contribution >= 0.6 is 0 Å². The number of aliphatic hydroxyl groups excluding tert-OH is 1. The minimum absolute atomic E-state index is 0.00773. The molecule has 0 saturated carbocycles. The van der Waals surface area contributed by atoms with Crippen molar-refractivity contribution in [2.24, 2.45) is 0 Å². The fraction of sp³-hybridized carbons (Fsp3) is 0.286. The first-order valence-electron chi connectivity index (χ1n) is 8.80. The molecule has 2 aromatic carbocycles. The number of nitrogens with zero attached hydrogens (tertiary/aromatic N) is 1. The van der Waals surface area contributed by atoms with Crippen molar-refractivity contribution in [3.63, 3.8) is 0 Å². The molecule has 134 valence electrons. The molecule has 1 saturated heterocycles. The number of ether oxygens (including phenoxy) is 2. The lowest BCUT2D eigenvalue weighted by Gasteiger charge is -2.35. The minimum atomic E-state index is -0.599. The summed E-state index contributed by atoms with van der Waals surface area (Å²) in [6.07, 6.45) is 3.49. The molecular formula is C21H21NO4. The molecule has 1 N–H and O–H groups in total. The predicted molar refractivity (Wildman–Crippen MR) is 98.0 cm³/mol. The van der Waals surface area contributed by atoms with E-state index >= 15 is 0 Å². The summed E-state index contributed by atoms with van der Waals surface area (Å²) in [5.74, 6) is 1.38. The Hall–Kier alpha value is -2.79. The molecule has 2 atom stereocenters. The Morgan fingerprint density at radius 3 is 2.73 bits per heavy atom. The fourth-order valence-corrected chi connectivity index (χ4v) is 3.50. The zero-order valence-corrected chi connectivity index (χ0v) is 14.4. The largest absolute Gasteiger partial charge is 0.454 e. The number of amides is 1. The highest BCUT2D eigenvalue weighted by atomic mass is 16.7. The summed E-state index contributed by atoms with van der Waals surface area (Å²) in [6, 6.07) is 15.5. The van der Waals surface area contributed by atoms with Gasteiger partial charge in [-0.3, -0.25) is 4.79 Å². The number of rotatable bonds is 3. The lowest BCUT2D eigenvalue weighted by molar-refractivity contribution is -0.129. The second-order valence-electron chi connectivity index (χ2n) is 6.60. The Kier molecular flexibility index (Phi) is 4.63. The third kappa shape index (κ3) is 3.44. The molecule has 2 aliphatic heterocycles. The van der Waals surface area contributed by atoms with Gasteiger partial charge in [0.05, 0.1) is 6.10 Å². The minimum Gasteiger partial charge on any atom is -0.454 e. The highest BCUT2D eigenvalue weighted by molar-refractivity contribution is 5.91. The molecule has 2 heterocycles. The number of piperidine rings is 1. The molecule has 5 nitrogen and oxygen atoms in total. The molecule has 2 aliphatic rings. The zero-order valence-electron chi connectivity index (χ0n) is 14.4. The van der Waals surface area contributed by atoms with Crippen molar-refractivity contribution >= 4 is 12.0 Å². The third-order valence-electron chi connectivity index (χ3n) is 4.94. The number of fused-ring (bicyclic) bond motifs is 1. The smallest absolute Gasteiger partial charge is 0.246 e. The Morgan fingerprint density at radius 1 is 1.12 bits per heavy atom. The number of aliphatic hydroxyl groups is 1. The number of hydrogen-bond donors (Lipinski definition) is 1. The third-order valence-corrected chi connectivity index (χ3v) is 4.94. The Labute approximate surface area is 152 Å². The van der Waals surface area contributed by atoms with Gasteiger partial charge in [0.2, 0.25) is 12.7 Å². The molecule has 5 heteroatoms. The van der Waals surface area contributed by atoms with Gasteiger partial charge in [-0.25, -0.2) is 0 Å². The van der Waals surface area contributed by atoms with E-state index in [4.69, 9.17) is 9.47 Å². The maximum Gasteiger partial charge on any atom is 0.246 e. The number of carbonyl (C=O) groups is 1. The molecule has 0 aromatic heterocycles. The fourth-order valence-electron chi connectivity index (χ4n) is 3.50. The highest BCUT2D eigenvalue weighted by Gasteiger charge is 2.31. The van der Waals surface area contributed by atoms with Crippen LogP contribution in [0.1, 0.15) is 23.5 Å². The van der Waals surface area contributed by atoms with E-state index in [0.29, 0.717) is 19.5 Å². The molecular weight excluding hydrogens is 330 g/mol. The van der Waals surface area contributed by atoms with Crippen LogP contribution in [0, 0.1) is 0 Å². The van der Waals surface area contributed by atoms with Gasteiger partial charge in [-0.15, -0.1) is 0 Å². The van der Waals surface area contributed by atoms with Gasteiger partial charge in [0.25, 0.3) is 0 Å². The number of benzene rings is 2. The van der Waals surface area contributed by atoms with E-state index in [9.17, 15) is 9.90 Å². The summed E-state index contributed by atoms with van der Waals surface area (Å²) < 4.78 is 10.8. The van der Waals surface area contributed by atoms with Crippen molar-refractivity contribution < 1.29 is 19.4 Å². The highest BCUT2D eigenvalue weighted by Crippen LogP contribution is 2.37. The molecule has 4 rings (SSSR count). The maximum atomic E-state index is 12.4. The average molecular weight is 351 g/mol. The quantitative estimate of drug-likeness (QED) is 0.864. The molecule has 1 amide bonds. The normalized spacial score (nSPS) is 22.0. The van der Waals surface area contributed by atoms with Crippen LogP contribution in [0.5, 0.6) is 11.5 Å². The Bertz CT molecular complexity index is 818. The summed E-state index contributed by atoms with van der Waals surface area (Å²) in [7, 11) is 0. The summed E-state index contributed by atoms with van der Waals surface area (Å²) in [5.41, 5.74) is 2.00. The molecule has 0 bridgehead atoms. The van der Waals surface area contributed by atoms with E-state index in [0.717, 1.165) is 22.6 Å². The second-order valence-corrected chi connectivity index (χ2v) is 6.60. The lowest BCUT2D eigenvalue weighted by atomic mass is 9.87. The first-order chi connectivity index (χ1) is 12.7. The van der Waals surface area contributed by atoms with E-state index in [1.165, 1.54) is 0 Å². The number of hydrogen-bond acceptors (Lipinski definition) is 4. The van der Waals surface area contributed by atoms with Gasteiger partial charge in [-0.2, -0.15) is 0 Å². The van der Waals surface area contributed by atoms with Crippen molar-refractivity contribution in [2.45, 2.75) is 18.4 Å². The van der Waals surface area contributed by atoms with Crippen LogP contribution in [0.2, 0.25) is 0 Å². The van der Waals surface area contributed by atoms with Gasteiger partial charge in [0.1, 0.15) is 0 Å². The first kappa shape index (κ1) is 16.7. The monoisotopic (exact) mass is 351 g/mol. The second kappa shape index (κ2) is 7.22. The maximum absolute atomic E-state index is 12.4. The van der Waals surface area contributed by atoms with Crippen LogP contribution in [0.25, 0.3) is 6.08 Å².